The first-order valence-electron chi connectivity index (χ1n) is 7.36. The van der Waals surface area contributed by atoms with Gasteiger partial charge in [-0.05, 0) is 19.4 Å². The van der Waals surface area contributed by atoms with Gasteiger partial charge in [-0.15, -0.1) is 0 Å². The lowest BCUT2D eigenvalue weighted by Crippen LogP contribution is -2.17. The topological polar surface area (TPSA) is 55.2 Å². The molecule has 6 heteroatoms. The minimum Gasteiger partial charge on any atom is -0.375 e. The van der Waals surface area contributed by atoms with Gasteiger partial charge in [0.15, 0.2) is 17.3 Å². The maximum Gasteiger partial charge on any atom is 0.295 e. The Morgan fingerprint density at radius 3 is 2.52 bits per heavy atom. The predicted octanol–water partition coefficient (Wildman–Crippen LogP) is 5.03. The van der Waals surface area contributed by atoms with E-state index in [1.54, 1.807) is 0 Å². The molecule has 4 nitrogen and oxygen atoms in total. The number of hydrogen-bond donors (Lipinski definition) is 1. The lowest BCUT2D eigenvalue weighted by Gasteiger charge is -2.16. The van der Waals surface area contributed by atoms with Crippen LogP contribution in [0.15, 0.2) is 12.1 Å². The van der Waals surface area contributed by atoms with Crippen LogP contribution >= 0.6 is 0 Å². The number of benzene rings is 1. The third-order valence-electron chi connectivity index (χ3n) is 3.40. The molecular formula is C15H22F2N2O2. The molecule has 1 rings (SSSR count). The Morgan fingerprint density at radius 1 is 1.24 bits per heavy atom. The minimum absolute atomic E-state index is 0.151. The highest BCUT2D eigenvalue weighted by Gasteiger charge is 2.22. The molecular weight excluding hydrogens is 278 g/mol. The van der Waals surface area contributed by atoms with E-state index in [-0.39, 0.29) is 11.7 Å². The zero-order valence-corrected chi connectivity index (χ0v) is 12.5. The van der Waals surface area contributed by atoms with Crippen LogP contribution < -0.4 is 5.32 Å². The summed E-state index contributed by atoms with van der Waals surface area (Å²) < 4.78 is 27.0. The normalized spacial score (nSPS) is 12.2. The molecule has 0 saturated heterocycles. The number of hydrogen-bond acceptors (Lipinski definition) is 3. The molecule has 0 aliphatic rings. The number of halogens is 2. The van der Waals surface area contributed by atoms with Crippen molar-refractivity contribution in [2.75, 3.05) is 5.32 Å². The van der Waals surface area contributed by atoms with E-state index in [9.17, 15) is 18.9 Å². The van der Waals surface area contributed by atoms with Gasteiger partial charge < -0.3 is 5.32 Å². The largest absolute Gasteiger partial charge is 0.375 e. The average Bonchev–Trinajstić information content (AvgIpc) is 2.43. The zero-order chi connectivity index (χ0) is 15.8. The lowest BCUT2D eigenvalue weighted by atomic mass is 10.1. The Morgan fingerprint density at radius 2 is 1.90 bits per heavy atom. The molecule has 0 aliphatic heterocycles. The Hall–Kier alpha value is -1.72. The monoisotopic (exact) mass is 300 g/mol. The highest BCUT2D eigenvalue weighted by atomic mass is 19.2. The fourth-order valence-corrected chi connectivity index (χ4v) is 2.20. The molecule has 0 spiro atoms. The summed E-state index contributed by atoms with van der Waals surface area (Å²) in [5.74, 6) is -2.28. The smallest absolute Gasteiger partial charge is 0.295 e. The van der Waals surface area contributed by atoms with E-state index in [2.05, 4.69) is 12.2 Å². The van der Waals surface area contributed by atoms with Crippen LogP contribution in [0, 0.1) is 21.7 Å². The SMILES string of the molecule is CCCCCCCC(C)Nc1c([N+](=O)[O-])ccc(F)c1F. The summed E-state index contributed by atoms with van der Waals surface area (Å²) in [5, 5.41) is 13.6. The van der Waals surface area contributed by atoms with E-state index >= 15 is 0 Å². The van der Waals surface area contributed by atoms with Crippen LogP contribution in [-0.2, 0) is 0 Å². The summed E-state index contributed by atoms with van der Waals surface area (Å²) in [4.78, 5) is 10.2. The van der Waals surface area contributed by atoms with E-state index in [1.165, 1.54) is 6.42 Å². The molecule has 0 saturated carbocycles. The molecule has 0 radical (unpaired) electrons. The summed E-state index contributed by atoms with van der Waals surface area (Å²) in [6.45, 7) is 3.95. The Labute approximate surface area is 123 Å². The van der Waals surface area contributed by atoms with Gasteiger partial charge >= 0.3 is 0 Å². The van der Waals surface area contributed by atoms with Crippen LogP contribution in [0.1, 0.15) is 52.4 Å². The summed E-state index contributed by atoms with van der Waals surface area (Å²) in [7, 11) is 0. The van der Waals surface area contributed by atoms with Crippen molar-refractivity contribution >= 4 is 11.4 Å². The van der Waals surface area contributed by atoms with Crippen molar-refractivity contribution in [3.63, 3.8) is 0 Å². The van der Waals surface area contributed by atoms with Crippen molar-refractivity contribution in [1.82, 2.24) is 0 Å². The number of nitro groups is 1. The Bertz CT molecular complexity index is 481. The van der Waals surface area contributed by atoms with Gasteiger partial charge in [0.05, 0.1) is 4.92 Å². The number of nitro benzene ring substituents is 1. The summed E-state index contributed by atoms with van der Waals surface area (Å²) in [5.41, 5.74) is -0.798. The molecule has 1 N–H and O–H groups in total. The van der Waals surface area contributed by atoms with Crippen LogP contribution in [0.25, 0.3) is 0 Å². The second-order valence-electron chi connectivity index (χ2n) is 5.26. The van der Waals surface area contributed by atoms with E-state index in [4.69, 9.17) is 0 Å². The molecule has 1 aromatic rings. The van der Waals surface area contributed by atoms with Crippen molar-refractivity contribution < 1.29 is 13.7 Å². The molecule has 118 valence electrons. The first-order chi connectivity index (χ1) is 9.97. The highest BCUT2D eigenvalue weighted by Crippen LogP contribution is 2.30. The minimum atomic E-state index is -1.19. The van der Waals surface area contributed by atoms with Gasteiger partial charge in [-0.2, -0.15) is 0 Å². The van der Waals surface area contributed by atoms with Crippen molar-refractivity contribution in [2.24, 2.45) is 0 Å². The molecule has 1 atom stereocenters. The summed E-state index contributed by atoms with van der Waals surface area (Å²) >= 11 is 0. The second-order valence-corrected chi connectivity index (χ2v) is 5.26. The van der Waals surface area contributed by atoms with Crippen LogP contribution in [-0.4, -0.2) is 11.0 Å². The van der Waals surface area contributed by atoms with Gasteiger partial charge in [0.2, 0.25) is 0 Å². The molecule has 0 bridgehead atoms. The highest BCUT2D eigenvalue weighted by molar-refractivity contribution is 5.62. The van der Waals surface area contributed by atoms with Crippen LogP contribution in [0.5, 0.6) is 0 Å². The Balaban J connectivity index is 2.64. The van der Waals surface area contributed by atoms with E-state index in [0.29, 0.717) is 0 Å². The molecule has 0 heterocycles. The van der Waals surface area contributed by atoms with Gasteiger partial charge in [-0.1, -0.05) is 39.0 Å². The van der Waals surface area contributed by atoms with Crippen LogP contribution in [0.2, 0.25) is 0 Å². The predicted molar refractivity (Wildman–Crippen MR) is 79.5 cm³/mol. The lowest BCUT2D eigenvalue weighted by molar-refractivity contribution is -0.384. The number of nitrogens with one attached hydrogen (secondary N) is 1. The average molecular weight is 300 g/mol. The first-order valence-corrected chi connectivity index (χ1v) is 7.36. The third kappa shape index (κ3) is 5.28. The summed E-state index contributed by atoms with van der Waals surface area (Å²) in [6, 6.07) is 1.60. The van der Waals surface area contributed by atoms with Crippen molar-refractivity contribution in [1.29, 1.82) is 0 Å². The molecule has 0 amide bonds. The molecule has 0 aromatic heterocycles. The summed E-state index contributed by atoms with van der Waals surface area (Å²) in [6.07, 6.45) is 6.29. The van der Waals surface area contributed by atoms with Gasteiger partial charge in [0, 0.05) is 12.1 Å². The van der Waals surface area contributed by atoms with Gasteiger partial charge in [0.25, 0.3) is 5.69 Å². The second kappa shape index (κ2) is 8.54. The maximum atomic E-state index is 13.7. The van der Waals surface area contributed by atoms with Gasteiger partial charge in [-0.25, -0.2) is 8.78 Å². The number of rotatable bonds is 9. The quantitative estimate of drug-likeness (QED) is 0.395. The fraction of sp³-hybridized carbons (Fsp3) is 0.600. The number of unbranched alkanes of at least 4 members (excludes halogenated alkanes) is 4. The van der Waals surface area contributed by atoms with Crippen molar-refractivity contribution in [3.05, 3.63) is 33.9 Å². The van der Waals surface area contributed by atoms with Gasteiger partial charge in [0.1, 0.15) is 0 Å². The van der Waals surface area contributed by atoms with Crippen molar-refractivity contribution in [3.8, 4) is 0 Å². The van der Waals surface area contributed by atoms with E-state index in [0.717, 1.165) is 44.2 Å². The van der Waals surface area contributed by atoms with E-state index in [1.807, 2.05) is 6.92 Å². The zero-order valence-electron chi connectivity index (χ0n) is 12.5. The van der Waals surface area contributed by atoms with Crippen LogP contribution in [0.4, 0.5) is 20.2 Å². The van der Waals surface area contributed by atoms with Crippen molar-refractivity contribution in [2.45, 2.75) is 58.4 Å². The molecule has 1 aromatic carbocycles. The molecule has 0 fully saturated rings. The number of anilines is 1. The molecule has 1 unspecified atom stereocenters. The van der Waals surface area contributed by atoms with Crippen LogP contribution in [0.3, 0.4) is 0 Å². The molecule has 0 aliphatic carbocycles. The third-order valence-corrected chi connectivity index (χ3v) is 3.40. The fourth-order valence-electron chi connectivity index (χ4n) is 2.20. The first kappa shape index (κ1) is 17.3. The standard InChI is InChI=1S/C15H22F2N2O2/c1-3-4-5-6-7-8-11(2)18-15-13(19(20)21)10-9-12(16)14(15)17/h9-11,18H,3-8H2,1-2H3. The van der Waals surface area contributed by atoms with E-state index < -0.39 is 22.2 Å². The Kier molecular flexibility index (Phi) is 7.05. The van der Waals surface area contributed by atoms with Gasteiger partial charge in [-0.3, -0.25) is 10.1 Å². The number of nitrogens with zero attached hydrogens (tertiary/aromatic N) is 1. The molecule has 21 heavy (non-hydrogen) atoms. The maximum absolute atomic E-state index is 13.7.